The number of nitrogens with zero attached hydrogens (tertiary/aromatic N) is 4. The minimum atomic E-state index is -4.89. The Labute approximate surface area is 226 Å². The number of benzene rings is 1. The van der Waals surface area contributed by atoms with Gasteiger partial charge in [0.2, 0.25) is 0 Å². The highest BCUT2D eigenvalue weighted by atomic mass is 19.4. The van der Waals surface area contributed by atoms with Gasteiger partial charge >= 0.3 is 12.4 Å². The van der Waals surface area contributed by atoms with Crippen molar-refractivity contribution >= 4 is 22.3 Å². The third-order valence-corrected chi connectivity index (χ3v) is 6.28. The smallest absolute Gasteiger partial charge is 0.383 e. The molecule has 0 fully saturated rings. The Morgan fingerprint density at radius 3 is 2.39 bits per heavy atom. The van der Waals surface area contributed by atoms with Gasteiger partial charge in [0.1, 0.15) is 22.8 Å². The van der Waals surface area contributed by atoms with E-state index in [2.05, 4.69) is 20.4 Å². The molecule has 0 amide bonds. The van der Waals surface area contributed by atoms with Gasteiger partial charge in [-0.1, -0.05) is 0 Å². The second kappa shape index (κ2) is 10.8. The summed E-state index contributed by atoms with van der Waals surface area (Å²) in [5.41, 5.74) is -0.279. The summed E-state index contributed by atoms with van der Waals surface area (Å²) in [4.78, 5) is 32.0. The number of halogens is 7. The molecule has 16 heteroatoms. The number of alkyl halides is 6. The first kappa shape index (κ1) is 29.5. The summed E-state index contributed by atoms with van der Waals surface area (Å²) in [7, 11) is 0. The van der Waals surface area contributed by atoms with Crippen LogP contribution in [0, 0.1) is 12.7 Å². The van der Waals surface area contributed by atoms with Gasteiger partial charge in [-0.3, -0.25) is 9.59 Å². The minimum Gasteiger partial charge on any atom is -0.383 e. The molecule has 218 valence electrons. The molecule has 0 saturated heterocycles. The number of hydrogen-bond donors (Lipinski definition) is 3. The van der Waals surface area contributed by atoms with E-state index in [0.29, 0.717) is 12.8 Å². The summed E-state index contributed by atoms with van der Waals surface area (Å²) in [5, 5.41) is 8.03. The van der Waals surface area contributed by atoms with Crippen molar-refractivity contribution in [2.75, 3.05) is 11.1 Å². The molecule has 9 nitrogen and oxygen atoms in total. The Kier molecular flexibility index (Phi) is 7.78. The lowest BCUT2D eigenvalue weighted by Crippen LogP contribution is -2.27. The third kappa shape index (κ3) is 6.15. The molecule has 0 aliphatic rings. The Bertz CT molecular complexity index is 1710. The van der Waals surface area contributed by atoms with Crippen molar-refractivity contribution in [2.45, 2.75) is 51.6 Å². The first-order chi connectivity index (χ1) is 19.1. The Hall–Kier alpha value is -4.50. The number of anilines is 2. The number of rotatable bonds is 7. The van der Waals surface area contributed by atoms with Crippen molar-refractivity contribution in [3.05, 3.63) is 73.9 Å². The van der Waals surface area contributed by atoms with E-state index in [-0.39, 0.29) is 28.7 Å². The lowest BCUT2D eigenvalue weighted by Gasteiger charge is -2.18. The molecule has 4 N–H and O–H groups in total. The number of aromatic amines is 1. The van der Waals surface area contributed by atoms with E-state index in [1.54, 1.807) is 12.0 Å². The fraction of sp³-hybridized carbons (Fsp3) is 0.320. The van der Waals surface area contributed by atoms with Crippen LogP contribution in [0.15, 0.2) is 40.2 Å². The van der Waals surface area contributed by atoms with E-state index >= 15 is 4.39 Å². The monoisotopic (exact) mass is 585 g/mol. The zero-order valence-corrected chi connectivity index (χ0v) is 21.4. The highest BCUT2D eigenvalue weighted by Crippen LogP contribution is 2.36. The molecule has 0 bridgehead atoms. The van der Waals surface area contributed by atoms with Crippen LogP contribution < -0.4 is 22.2 Å². The molecule has 3 heterocycles. The number of hydrogen-bond acceptors (Lipinski definition) is 7. The summed E-state index contributed by atoms with van der Waals surface area (Å²) in [6, 6.07) is 3.13. The minimum absolute atomic E-state index is 0.0130. The van der Waals surface area contributed by atoms with Gasteiger partial charge in [-0.2, -0.15) is 31.4 Å². The van der Waals surface area contributed by atoms with Crippen LogP contribution in [0.3, 0.4) is 0 Å². The van der Waals surface area contributed by atoms with Crippen molar-refractivity contribution in [2.24, 2.45) is 0 Å². The average Bonchev–Trinajstić information content (AvgIpc) is 2.83. The van der Waals surface area contributed by atoms with Gasteiger partial charge in [0.15, 0.2) is 5.82 Å². The predicted molar refractivity (Wildman–Crippen MR) is 136 cm³/mol. The van der Waals surface area contributed by atoms with E-state index in [0.717, 1.165) is 19.2 Å². The molecule has 0 aliphatic carbocycles. The summed E-state index contributed by atoms with van der Waals surface area (Å²) in [6.07, 6.45) is -6.76. The molecule has 1 atom stereocenters. The quantitative estimate of drug-likeness (QED) is 0.263. The fourth-order valence-corrected chi connectivity index (χ4v) is 4.41. The number of nitrogen functional groups attached to an aromatic ring is 1. The topological polar surface area (TPSA) is 132 Å². The molecular weight excluding hydrogens is 563 g/mol. The summed E-state index contributed by atoms with van der Waals surface area (Å²) < 4.78 is 95.6. The zero-order chi connectivity index (χ0) is 30.3. The summed E-state index contributed by atoms with van der Waals surface area (Å²) >= 11 is 0. The number of nitrogens with one attached hydrogen (secondary N) is 2. The molecule has 0 saturated carbocycles. The number of H-pyrrole nitrogens is 1. The summed E-state index contributed by atoms with van der Waals surface area (Å²) in [6.45, 7) is 2.81. The maximum atomic E-state index is 15.0. The predicted octanol–water partition coefficient (Wildman–Crippen LogP) is 4.89. The van der Waals surface area contributed by atoms with Crippen molar-refractivity contribution in [1.82, 2.24) is 24.7 Å². The molecule has 0 spiro atoms. The summed E-state index contributed by atoms with van der Waals surface area (Å²) in [5.74, 6) is -2.18. The third-order valence-electron chi connectivity index (χ3n) is 6.28. The number of aromatic nitrogens is 5. The molecule has 41 heavy (non-hydrogen) atoms. The van der Waals surface area contributed by atoms with Gasteiger partial charge in [-0.25, -0.2) is 19.5 Å². The van der Waals surface area contributed by atoms with E-state index in [1.165, 1.54) is 22.9 Å². The van der Waals surface area contributed by atoms with Crippen LogP contribution in [0.1, 0.15) is 36.6 Å². The number of pyridine rings is 1. The SMILES string of the molecule is Cc1nc(-c2cc3ccn(CCC[C@H](C)Nc4cn[nH]c(=O)c4C(F)(F)F)c(=O)c3cc2F)nc(N)c1C(F)(F)F. The molecule has 4 aromatic rings. The second-order valence-electron chi connectivity index (χ2n) is 9.30. The number of nitrogens with two attached hydrogens (primary N) is 1. The van der Waals surface area contributed by atoms with Crippen LogP contribution in [0.4, 0.5) is 42.2 Å². The molecule has 4 rings (SSSR count). The van der Waals surface area contributed by atoms with E-state index in [1.807, 2.05) is 0 Å². The van der Waals surface area contributed by atoms with Gasteiger partial charge in [0.25, 0.3) is 11.1 Å². The van der Waals surface area contributed by atoms with Crippen molar-refractivity contribution in [1.29, 1.82) is 0 Å². The lowest BCUT2D eigenvalue weighted by atomic mass is 10.1. The van der Waals surface area contributed by atoms with Crippen LogP contribution in [0.5, 0.6) is 0 Å². The Balaban J connectivity index is 1.52. The molecule has 0 aliphatic heterocycles. The van der Waals surface area contributed by atoms with Crippen molar-refractivity contribution in [3.63, 3.8) is 0 Å². The van der Waals surface area contributed by atoms with Crippen molar-refractivity contribution < 1.29 is 30.7 Å². The molecule has 0 radical (unpaired) electrons. The van der Waals surface area contributed by atoms with E-state index < -0.39 is 63.7 Å². The van der Waals surface area contributed by atoms with Crippen LogP contribution in [0.25, 0.3) is 22.2 Å². The first-order valence-electron chi connectivity index (χ1n) is 12.0. The Morgan fingerprint density at radius 2 is 1.76 bits per heavy atom. The number of aryl methyl sites for hydroxylation is 2. The second-order valence-corrected chi connectivity index (χ2v) is 9.30. The van der Waals surface area contributed by atoms with Crippen molar-refractivity contribution in [3.8, 4) is 11.4 Å². The lowest BCUT2D eigenvalue weighted by molar-refractivity contribution is -0.138. The fourth-order valence-electron chi connectivity index (χ4n) is 4.41. The molecule has 0 unspecified atom stereocenters. The normalized spacial score (nSPS) is 13.0. The highest BCUT2D eigenvalue weighted by Gasteiger charge is 2.38. The Morgan fingerprint density at radius 1 is 1.07 bits per heavy atom. The van der Waals surface area contributed by atoms with E-state index in [9.17, 15) is 35.9 Å². The van der Waals surface area contributed by atoms with Gasteiger partial charge in [0.05, 0.1) is 28.5 Å². The van der Waals surface area contributed by atoms with Gasteiger partial charge in [-0.05, 0) is 50.3 Å². The zero-order valence-electron chi connectivity index (χ0n) is 21.4. The highest BCUT2D eigenvalue weighted by molar-refractivity contribution is 5.86. The van der Waals surface area contributed by atoms with Crippen LogP contribution in [0.2, 0.25) is 0 Å². The first-order valence-corrected chi connectivity index (χ1v) is 12.0. The molecule has 3 aromatic heterocycles. The van der Waals surface area contributed by atoms with Crippen LogP contribution >= 0.6 is 0 Å². The maximum Gasteiger partial charge on any atom is 0.423 e. The average molecular weight is 585 g/mol. The standard InChI is InChI=1S/C25H22F7N7O2/c1-11(35-17-10-34-38-22(40)19(17)25(30,31)32)4-3-6-39-7-5-13-8-15(16(26)9-14(13)23(39)41)21-36-12(2)18(20(33)37-21)24(27,28)29/h5,7-11H,3-4,6H2,1-2H3,(H2,33,36,37)(H2,35,38,40)/t11-/m0/s1. The van der Waals surface area contributed by atoms with Crippen LogP contribution in [-0.2, 0) is 18.9 Å². The number of fused-ring (bicyclic) bond motifs is 1. The molecular formula is C25H22F7N7O2. The van der Waals surface area contributed by atoms with Gasteiger partial charge in [0, 0.05) is 18.8 Å². The van der Waals surface area contributed by atoms with Crippen LogP contribution in [-0.4, -0.2) is 30.8 Å². The maximum absolute atomic E-state index is 15.0. The van der Waals surface area contributed by atoms with Gasteiger partial charge in [-0.15, -0.1) is 0 Å². The molecule has 1 aromatic carbocycles. The van der Waals surface area contributed by atoms with Gasteiger partial charge < -0.3 is 15.6 Å². The van der Waals surface area contributed by atoms with E-state index in [4.69, 9.17) is 5.73 Å². The largest absolute Gasteiger partial charge is 0.423 e.